The van der Waals surface area contributed by atoms with Crippen LogP contribution in [0.25, 0.3) is 39.5 Å². The number of benzene rings is 2. The van der Waals surface area contributed by atoms with E-state index in [9.17, 15) is 4.79 Å². The van der Waals surface area contributed by atoms with Crippen LogP contribution in [-0.4, -0.2) is 51.2 Å². The molecular weight excluding hydrogens is 510 g/mol. The molecule has 4 aromatic rings. The van der Waals surface area contributed by atoms with E-state index >= 15 is 0 Å². The predicted octanol–water partition coefficient (Wildman–Crippen LogP) is 6.24. The number of nitrogens with two attached hydrogens (primary N) is 1. The largest absolute Gasteiger partial charge is 0.494 e. The Kier molecular flexibility index (Phi) is 6.27. The van der Waals surface area contributed by atoms with Crippen molar-refractivity contribution in [1.29, 1.82) is 0 Å². The molecule has 1 saturated heterocycles. The van der Waals surface area contributed by atoms with E-state index in [2.05, 4.69) is 59.4 Å². The highest BCUT2D eigenvalue weighted by Crippen LogP contribution is 2.53. The lowest BCUT2D eigenvalue weighted by molar-refractivity contribution is -0.117. The molecule has 2 saturated carbocycles. The van der Waals surface area contributed by atoms with Crippen molar-refractivity contribution >= 4 is 33.9 Å². The highest BCUT2D eigenvalue weighted by Gasteiger charge is 2.59. The third kappa shape index (κ3) is 4.28. The minimum Gasteiger partial charge on any atom is -0.494 e. The molecule has 7 nitrogen and oxygen atoms in total. The molecule has 3 fully saturated rings. The van der Waals surface area contributed by atoms with Crippen LogP contribution in [0.2, 0.25) is 0 Å². The summed E-state index contributed by atoms with van der Waals surface area (Å²) < 4.78 is 10.4. The highest BCUT2D eigenvalue weighted by molar-refractivity contribution is 6.01. The van der Waals surface area contributed by atoms with Gasteiger partial charge >= 0.3 is 0 Å². The van der Waals surface area contributed by atoms with Gasteiger partial charge in [-0.1, -0.05) is 38.1 Å². The van der Waals surface area contributed by atoms with Crippen LogP contribution in [0.1, 0.15) is 61.9 Å². The average Bonchev–Trinajstić information content (AvgIpc) is 3.63. The second kappa shape index (κ2) is 9.76. The number of hydrogen-bond acceptors (Lipinski definition) is 4. The summed E-state index contributed by atoms with van der Waals surface area (Å²) in [5.41, 5.74) is 12.1. The van der Waals surface area contributed by atoms with Crippen LogP contribution in [-0.2, 0) is 13.6 Å². The van der Waals surface area contributed by atoms with Crippen LogP contribution in [0.4, 0.5) is 0 Å². The number of methoxy groups -OCH3 is 1. The summed E-state index contributed by atoms with van der Waals surface area (Å²) in [5, 5.41) is 1.22. The number of aryl methyl sites for hydroxylation is 1. The molecule has 214 valence electrons. The SMILES string of the molecule is COc1cc(C(=O)N2C[C@]3(CN)CCC23)cc2nc(-c3cc4ccc(/C=C/CC(C)C)cc4n3CC3CC3)n(C)c12. The van der Waals surface area contributed by atoms with Crippen LogP contribution in [0, 0.1) is 17.3 Å². The lowest BCUT2D eigenvalue weighted by atomic mass is 9.57. The monoisotopic (exact) mass is 551 g/mol. The number of allylic oxidation sites excluding steroid dienone is 1. The average molecular weight is 552 g/mol. The minimum atomic E-state index is 0.0482. The van der Waals surface area contributed by atoms with E-state index < -0.39 is 0 Å². The van der Waals surface area contributed by atoms with E-state index in [1.165, 1.54) is 29.3 Å². The van der Waals surface area contributed by atoms with Gasteiger partial charge in [0.2, 0.25) is 0 Å². The van der Waals surface area contributed by atoms with Crippen LogP contribution < -0.4 is 10.5 Å². The molecule has 3 heterocycles. The summed E-state index contributed by atoms with van der Waals surface area (Å²) in [6.45, 7) is 6.88. The molecule has 2 aromatic heterocycles. The molecule has 2 N–H and O–H groups in total. The number of hydrogen-bond donors (Lipinski definition) is 1. The van der Waals surface area contributed by atoms with Crippen molar-refractivity contribution in [2.45, 2.75) is 58.5 Å². The Hall–Kier alpha value is -3.58. The summed E-state index contributed by atoms with van der Waals surface area (Å²) in [4.78, 5) is 20.7. The first-order valence-electron chi connectivity index (χ1n) is 15.2. The molecule has 2 atom stereocenters. The van der Waals surface area contributed by atoms with Gasteiger partial charge in [-0.05, 0) is 73.8 Å². The van der Waals surface area contributed by atoms with Crippen molar-refractivity contribution < 1.29 is 9.53 Å². The van der Waals surface area contributed by atoms with E-state index in [-0.39, 0.29) is 17.4 Å². The summed E-state index contributed by atoms with van der Waals surface area (Å²) >= 11 is 0. The Bertz CT molecular complexity index is 1690. The van der Waals surface area contributed by atoms with E-state index in [4.69, 9.17) is 15.5 Å². The first-order chi connectivity index (χ1) is 19.8. The zero-order chi connectivity index (χ0) is 28.5. The van der Waals surface area contributed by atoms with E-state index in [1.54, 1.807) is 7.11 Å². The summed E-state index contributed by atoms with van der Waals surface area (Å²) in [5.74, 6) is 2.97. The summed E-state index contributed by atoms with van der Waals surface area (Å²) in [6, 6.07) is 13.1. The zero-order valence-corrected chi connectivity index (χ0v) is 24.7. The fourth-order valence-corrected chi connectivity index (χ4v) is 6.98. The number of nitrogens with zero attached hydrogens (tertiary/aromatic N) is 4. The molecule has 2 aromatic carbocycles. The Labute approximate surface area is 242 Å². The molecule has 41 heavy (non-hydrogen) atoms. The van der Waals surface area contributed by atoms with Crippen molar-refractivity contribution in [2.24, 2.45) is 30.0 Å². The zero-order valence-electron chi connectivity index (χ0n) is 24.7. The molecule has 0 spiro atoms. The maximum absolute atomic E-state index is 13.6. The number of ether oxygens (including phenoxy) is 1. The van der Waals surface area contributed by atoms with Gasteiger partial charge in [0.05, 0.1) is 18.3 Å². The predicted molar refractivity (Wildman–Crippen MR) is 165 cm³/mol. The van der Waals surface area contributed by atoms with Crippen LogP contribution in [0.5, 0.6) is 5.75 Å². The number of fused-ring (bicyclic) bond motifs is 3. The normalized spacial score (nSPS) is 22.0. The lowest BCUT2D eigenvalue weighted by Gasteiger charge is -2.64. The van der Waals surface area contributed by atoms with Gasteiger partial charge < -0.3 is 24.5 Å². The van der Waals surface area contributed by atoms with E-state index in [0.29, 0.717) is 29.7 Å². The molecule has 2 aliphatic carbocycles. The summed E-state index contributed by atoms with van der Waals surface area (Å²) in [6.07, 6.45) is 10.3. The van der Waals surface area contributed by atoms with Crippen molar-refractivity contribution in [1.82, 2.24) is 19.0 Å². The summed E-state index contributed by atoms with van der Waals surface area (Å²) in [7, 11) is 3.72. The molecule has 0 radical (unpaired) electrons. The fourth-order valence-electron chi connectivity index (χ4n) is 6.98. The molecule has 3 aliphatic rings. The molecular formula is C34H41N5O2. The smallest absolute Gasteiger partial charge is 0.254 e. The first kappa shape index (κ1) is 26.3. The van der Waals surface area contributed by atoms with Crippen molar-refractivity contribution in [3.8, 4) is 17.3 Å². The van der Waals surface area contributed by atoms with Gasteiger partial charge in [-0.15, -0.1) is 0 Å². The van der Waals surface area contributed by atoms with Crippen molar-refractivity contribution in [2.75, 3.05) is 20.2 Å². The van der Waals surface area contributed by atoms with E-state index in [0.717, 1.165) is 54.9 Å². The number of carbonyl (C=O) groups excluding carboxylic acids is 1. The Balaban J connectivity index is 1.29. The molecule has 0 bridgehead atoms. The quantitative estimate of drug-likeness (QED) is 0.267. The highest BCUT2D eigenvalue weighted by atomic mass is 16.5. The number of piperidine rings is 1. The van der Waals surface area contributed by atoms with Gasteiger partial charge in [0.15, 0.2) is 5.82 Å². The fraction of sp³-hybridized carbons (Fsp3) is 0.471. The Morgan fingerprint density at radius 2 is 2.02 bits per heavy atom. The Morgan fingerprint density at radius 3 is 2.68 bits per heavy atom. The van der Waals surface area contributed by atoms with Crippen LogP contribution in [0.15, 0.2) is 42.5 Å². The topological polar surface area (TPSA) is 78.3 Å². The van der Waals surface area contributed by atoms with Crippen LogP contribution in [0.3, 0.4) is 0 Å². The maximum atomic E-state index is 13.6. The van der Waals surface area contributed by atoms with Gasteiger partial charge in [0.25, 0.3) is 5.91 Å². The third-order valence-corrected chi connectivity index (χ3v) is 9.77. The number of amides is 1. The molecule has 7 heteroatoms. The Morgan fingerprint density at radius 1 is 1.20 bits per heavy atom. The van der Waals surface area contributed by atoms with Gasteiger partial charge in [-0.25, -0.2) is 4.98 Å². The number of imidazole rings is 1. The first-order valence-corrected chi connectivity index (χ1v) is 15.2. The second-order valence-corrected chi connectivity index (χ2v) is 13.0. The lowest BCUT2D eigenvalue weighted by Crippen LogP contribution is -2.74. The van der Waals surface area contributed by atoms with Crippen molar-refractivity contribution in [3.05, 3.63) is 53.6 Å². The minimum absolute atomic E-state index is 0.0482. The van der Waals surface area contributed by atoms with Gasteiger partial charge in [0.1, 0.15) is 11.3 Å². The third-order valence-electron chi connectivity index (χ3n) is 9.77. The number of likely N-dealkylation sites (tertiary alicyclic amines) is 1. The molecule has 1 amide bonds. The molecule has 1 aliphatic heterocycles. The standard InChI is InChI=1S/C34H41N5O2/c1-21(2)6-5-7-22-10-11-24-16-28(38(27(24)14-22)18-23-8-9-23)32-36-26-15-25(17-29(41-4)31(26)37(32)3)33(40)39-20-34(19-35)13-12-30(34)39/h5,7,10-11,14-17,21,23,30H,6,8-9,12-13,18-20,35H2,1-4H3/b7-5+/t30?,34-/m1/s1. The van der Waals surface area contributed by atoms with Crippen molar-refractivity contribution in [3.63, 3.8) is 0 Å². The van der Waals surface area contributed by atoms with Gasteiger partial charge in [-0.3, -0.25) is 4.79 Å². The van der Waals surface area contributed by atoms with Gasteiger partial charge in [-0.2, -0.15) is 0 Å². The van der Waals surface area contributed by atoms with E-state index in [1.807, 2.05) is 24.1 Å². The van der Waals surface area contributed by atoms with Crippen LogP contribution >= 0.6 is 0 Å². The maximum Gasteiger partial charge on any atom is 0.254 e. The second-order valence-electron chi connectivity index (χ2n) is 13.0. The number of rotatable bonds is 9. The number of aromatic nitrogens is 3. The number of carbonyl (C=O) groups is 1. The molecule has 1 unspecified atom stereocenters. The molecule has 7 rings (SSSR count). The van der Waals surface area contributed by atoms with Gasteiger partial charge in [0, 0.05) is 54.6 Å².